The lowest BCUT2D eigenvalue weighted by atomic mass is 10.4. The molecule has 0 atom stereocenters. The Morgan fingerprint density at radius 1 is 1.20 bits per heavy atom. The van der Waals surface area contributed by atoms with E-state index in [4.69, 9.17) is 5.11 Å². The maximum Gasteiger partial charge on any atom is 0.145 e. The highest BCUT2D eigenvalue weighted by Crippen LogP contribution is 1.78. The van der Waals surface area contributed by atoms with Gasteiger partial charge in [0.1, 0.15) is 6.79 Å². The van der Waals surface area contributed by atoms with Crippen molar-refractivity contribution in [3.8, 4) is 0 Å². The summed E-state index contributed by atoms with van der Waals surface area (Å²) in [5.41, 5.74) is 0. The Labute approximate surface area is 63.0 Å². The molecule has 0 spiro atoms. The van der Waals surface area contributed by atoms with Gasteiger partial charge < -0.3 is 14.6 Å². The fraction of sp³-hybridized carbons (Fsp3) is 1.00. The minimum atomic E-state index is 0.344. The number of hydrogen-bond donors (Lipinski definition) is 1. The summed E-state index contributed by atoms with van der Waals surface area (Å²) in [5, 5.41) is 8.07. The van der Waals surface area contributed by atoms with Gasteiger partial charge in [0.15, 0.2) is 0 Å². The van der Waals surface area contributed by atoms with E-state index in [0.29, 0.717) is 13.4 Å². The first-order valence-corrected chi connectivity index (χ1v) is 3.42. The molecule has 0 aliphatic rings. The van der Waals surface area contributed by atoms with Crippen LogP contribution in [0.1, 0.15) is 19.8 Å². The zero-order chi connectivity index (χ0) is 8.24. The van der Waals surface area contributed by atoms with Crippen molar-refractivity contribution in [2.45, 2.75) is 19.8 Å². The molecule has 0 fully saturated rings. The molecule has 0 rings (SSSR count). The highest BCUT2D eigenvalue weighted by molar-refractivity contribution is 4.23. The van der Waals surface area contributed by atoms with Gasteiger partial charge in [-0.2, -0.15) is 0 Å². The lowest BCUT2D eigenvalue weighted by Crippen LogP contribution is -1.87. The Hall–Kier alpha value is -0.120. The second-order valence-corrected chi connectivity index (χ2v) is 1.77. The highest BCUT2D eigenvalue weighted by Gasteiger charge is 1.69. The number of aliphatic hydroxyl groups excluding tert-OH is 1. The monoisotopic (exact) mass is 150 g/mol. The SMILES string of the molecule is CCCCO.COCOC. The van der Waals surface area contributed by atoms with Crippen LogP contribution < -0.4 is 0 Å². The van der Waals surface area contributed by atoms with Crippen LogP contribution in [0.4, 0.5) is 0 Å². The average Bonchev–Trinajstić information content (AvgIpc) is 1.93. The zero-order valence-electron chi connectivity index (χ0n) is 7.09. The molecular formula is C7H18O3. The van der Waals surface area contributed by atoms with Gasteiger partial charge in [-0.15, -0.1) is 0 Å². The first-order chi connectivity index (χ1) is 4.83. The molecule has 64 valence electrons. The number of unbranched alkanes of at least 4 members (excludes halogenated alkanes) is 1. The molecule has 0 aromatic carbocycles. The molecule has 0 saturated heterocycles. The van der Waals surface area contributed by atoms with Gasteiger partial charge in [0.2, 0.25) is 0 Å². The molecule has 0 bridgehead atoms. The number of hydrogen-bond acceptors (Lipinski definition) is 3. The molecule has 0 aliphatic heterocycles. The zero-order valence-corrected chi connectivity index (χ0v) is 7.09. The summed E-state index contributed by atoms with van der Waals surface area (Å²) in [4.78, 5) is 0. The van der Waals surface area contributed by atoms with E-state index in [-0.39, 0.29) is 0 Å². The lowest BCUT2D eigenvalue weighted by Gasteiger charge is -1.87. The number of methoxy groups -OCH3 is 2. The Balaban J connectivity index is 0. The van der Waals surface area contributed by atoms with E-state index in [1.165, 1.54) is 0 Å². The topological polar surface area (TPSA) is 38.7 Å². The molecule has 0 heterocycles. The predicted molar refractivity (Wildman–Crippen MR) is 40.9 cm³/mol. The van der Waals surface area contributed by atoms with Crippen LogP contribution in [0.15, 0.2) is 0 Å². The largest absolute Gasteiger partial charge is 0.396 e. The normalized spacial score (nSPS) is 8.40. The van der Waals surface area contributed by atoms with E-state index in [1.54, 1.807) is 14.2 Å². The first kappa shape index (κ1) is 12.5. The molecule has 3 heteroatoms. The van der Waals surface area contributed by atoms with Crippen LogP contribution in [-0.2, 0) is 9.47 Å². The van der Waals surface area contributed by atoms with Gasteiger partial charge in [-0.25, -0.2) is 0 Å². The van der Waals surface area contributed by atoms with Gasteiger partial charge in [-0.05, 0) is 6.42 Å². The fourth-order valence-electron chi connectivity index (χ4n) is 0.276. The van der Waals surface area contributed by atoms with Crippen LogP contribution in [0.5, 0.6) is 0 Å². The maximum atomic E-state index is 8.07. The van der Waals surface area contributed by atoms with Crippen molar-refractivity contribution in [2.75, 3.05) is 27.6 Å². The van der Waals surface area contributed by atoms with Gasteiger partial charge in [0, 0.05) is 20.8 Å². The van der Waals surface area contributed by atoms with E-state index >= 15 is 0 Å². The first-order valence-electron chi connectivity index (χ1n) is 3.42. The molecule has 0 unspecified atom stereocenters. The van der Waals surface area contributed by atoms with Gasteiger partial charge >= 0.3 is 0 Å². The van der Waals surface area contributed by atoms with E-state index < -0.39 is 0 Å². The summed E-state index contributed by atoms with van der Waals surface area (Å²) < 4.78 is 8.94. The Morgan fingerprint density at radius 2 is 1.70 bits per heavy atom. The van der Waals surface area contributed by atoms with Crippen molar-refractivity contribution in [1.29, 1.82) is 0 Å². The van der Waals surface area contributed by atoms with Crippen LogP contribution in [0, 0.1) is 0 Å². The highest BCUT2D eigenvalue weighted by atomic mass is 16.6. The minimum absolute atomic E-state index is 0.344. The van der Waals surface area contributed by atoms with Crippen LogP contribution in [-0.4, -0.2) is 32.7 Å². The van der Waals surface area contributed by atoms with Gasteiger partial charge in [-0.3, -0.25) is 0 Å². The molecule has 0 radical (unpaired) electrons. The van der Waals surface area contributed by atoms with Crippen LogP contribution in [0.2, 0.25) is 0 Å². The van der Waals surface area contributed by atoms with Crippen LogP contribution in [0.25, 0.3) is 0 Å². The van der Waals surface area contributed by atoms with E-state index in [9.17, 15) is 0 Å². The third kappa shape index (κ3) is 24.8. The van der Waals surface area contributed by atoms with Crippen molar-refractivity contribution >= 4 is 0 Å². The van der Waals surface area contributed by atoms with Gasteiger partial charge in [0.25, 0.3) is 0 Å². The van der Waals surface area contributed by atoms with Crippen molar-refractivity contribution in [3.63, 3.8) is 0 Å². The summed E-state index contributed by atoms with van der Waals surface area (Å²) in [6, 6.07) is 0. The van der Waals surface area contributed by atoms with E-state index in [0.717, 1.165) is 12.8 Å². The summed E-state index contributed by atoms with van der Waals surface area (Å²) in [5.74, 6) is 0. The summed E-state index contributed by atoms with van der Waals surface area (Å²) in [6.45, 7) is 2.78. The molecule has 0 aromatic heterocycles. The quantitative estimate of drug-likeness (QED) is 0.608. The molecule has 3 nitrogen and oxygen atoms in total. The number of ether oxygens (including phenoxy) is 2. The minimum Gasteiger partial charge on any atom is -0.396 e. The molecule has 10 heavy (non-hydrogen) atoms. The van der Waals surface area contributed by atoms with Crippen LogP contribution in [0.3, 0.4) is 0 Å². The summed E-state index contributed by atoms with van der Waals surface area (Å²) in [6.07, 6.45) is 2.04. The Kier molecular flexibility index (Phi) is 20.0. The molecule has 0 aromatic rings. The van der Waals surface area contributed by atoms with E-state index in [1.807, 2.05) is 0 Å². The lowest BCUT2D eigenvalue weighted by molar-refractivity contribution is -0.00271. The van der Waals surface area contributed by atoms with Crippen molar-refractivity contribution in [3.05, 3.63) is 0 Å². The van der Waals surface area contributed by atoms with Crippen molar-refractivity contribution in [2.24, 2.45) is 0 Å². The third-order valence-corrected chi connectivity index (χ3v) is 0.747. The Morgan fingerprint density at radius 3 is 1.70 bits per heavy atom. The third-order valence-electron chi connectivity index (χ3n) is 0.747. The van der Waals surface area contributed by atoms with Crippen LogP contribution >= 0.6 is 0 Å². The Bertz CT molecular complexity index is 29.8. The van der Waals surface area contributed by atoms with E-state index in [2.05, 4.69) is 16.4 Å². The second kappa shape index (κ2) is 15.9. The van der Waals surface area contributed by atoms with Gasteiger partial charge in [0.05, 0.1) is 0 Å². The molecular weight excluding hydrogens is 132 g/mol. The summed E-state index contributed by atoms with van der Waals surface area (Å²) >= 11 is 0. The number of rotatable bonds is 4. The maximum absolute atomic E-state index is 8.07. The average molecular weight is 150 g/mol. The smallest absolute Gasteiger partial charge is 0.145 e. The molecule has 1 N–H and O–H groups in total. The predicted octanol–water partition coefficient (Wildman–Crippen LogP) is 1.02. The molecule has 0 aliphatic carbocycles. The molecule has 0 saturated carbocycles. The van der Waals surface area contributed by atoms with Crippen molar-refractivity contribution in [1.82, 2.24) is 0 Å². The second-order valence-electron chi connectivity index (χ2n) is 1.77. The fourth-order valence-corrected chi connectivity index (χ4v) is 0.276. The summed E-state index contributed by atoms with van der Waals surface area (Å²) in [7, 11) is 3.17. The van der Waals surface area contributed by atoms with Gasteiger partial charge in [-0.1, -0.05) is 13.3 Å². The van der Waals surface area contributed by atoms with Crippen molar-refractivity contribution < 1.29 is 14.6 Å². The molecule has 0 amide bonds. The standard InChI is InChI=1S/C4H10O.C3H8O2/c1-2-3-4-5;1-4-3-5-2/h5H,2-4H2,1H3;3H2,1-2H3. The number of aliphatic hydroxyl groups is 1.